The molecule has 2 heterocycles. The van der Waals surface area contributed by atoms with Crippen molar-refractivity contribution < 1.29 is 8.82 Å². The fourth-order valence-corrected chi connectivity index (χ4v) is 1.65. The lowest BCUT2D eigenvalue weighted by Gasteiger charge is -1.94. The molecule has 78 valence electrons. The van der Waals surface area contributed by atoms with Gasteiger partial charge in [0.25, 0.3) is 0 Å². The summed E-state index contributed by atoms with van der Waals surface area (Å²) in [6.07, 6.45) is 5.58. The van der Waals surface area contributed by atoms with Crippen LogP contribution >= 0.6 is 0 Å². The minimum atomic E-state index is 0.609. The summed E-state index contributed by atoms with van der Waals surface area (Å²) in [6.45, 7) is 2.07. The molecule has 0 N–H and O–H groups in total. The van der Waals surface area contributed by atoms with Gasteiger partial charge in [-0.2, -0.15) is 4.40 Å². The van der Waals surface area contributed by atoms with Crippen molar-refractivity contribution in [3.8, 4) is 11.3 Å². The Hall–Kier alpha value is -2.16. The third-order valence-electron chi connectivity index (χ3n) is 2.53. The average Bonchev–Trinajstić information content (AvgIpc) is 2.73. The van der Waals surface area contributed by atoms with E-state index >= 15 is 0 Å². The van der Waals surface area contributed by atoms with Crippen LogP contribution in [0.25, 0.3) is 17.2 Å². The molecule has 0 spiro atoms. The Labute approximate surface area is 93.0 Å². The van der Waals surface area contributed by atoms with E-state index in [2.05, 4.69) is 24.0 Å². The van der Waals surface area contributed by atoms with E-state index in [1.54, 1.807) is 6.20 Å². The van der Waals surface area contributed by atoms with Crippen LogP contribution in [0.4, 0.5) is 0 Å². The quantitative estimate of drug-likeness (QED) is 0.578. The van der Waals surface area contributed by atoms with Crippen LogP contribution in [0.2, 0.25) is 0 Å². The van der Waals surface area contributed by atoms with Crippen molar-refractivity contribution in [1.82, 2.24) is 4.98 Å². The SMILES string of the molecule is Cc1ccc(-c2c[n+]3cccnc3o2)cc1. The molecule has 0 bridgehead atoms. The van der Waals surface area contributed by atoms with Gasteiger partial charge >= 0.3 is 5.84 Å². The largest absolute Gasteiger partial charge is 0.508 e. The number of aromatic nitrogens is 2. The molecule has 0 saturated carbocycles. The number of nitrogens with zero attached hydrogens (tertiary/aromatic N) is 2. The molecule has 0 amide bonds. The molecule has 0 aliphatic carbocycles. The van der Waals surface area contributed by atoms with E-state index in [9.17, 15) is 0 Å². The third kappa shape index (κ3) is 1.46. The van der Waals surface area contributed by atoms with Gasteiger partial charge < -0.3 is 4.42 Å². The number of hydrogen-bond donors (Lipinski definition) is 0. The Bertz CT molecular complexity index is 593. The van der Waals surface area contributed by atoms with Gasteiger partial charge in [0, 0.05) is 11.6 Å². The summed E-state index contributed by atoms with van der Waals surface area (Å²) in [5.41, 5.74) is 2.31. The highest BCUT2D eigenvalue weighted by Gasteiger charge is 2.11. The van der Waals surface area contributed by atoms with Crippen LogP contribution in [0.15, 0.2) is 53.3 Å². The molecule has 0 saturated heterocycles. The van der Waals surface area contributed by atoms with Crippen LogP contribution in [0.5, 0.6) is 0 Å². The molecule has 0 fully saturated rings. The molecule has 0 unspecified atom stereocenters. The molecule has 0 aliphatic rings. The lowest BCUT2D eigenvalue weighted by atomic mass is 10.1. The van der Waals surface area contributed by atoms with Crippen LogP contribution < -0.4 is 4.40 Å². The van der Waals surface area contributed by atoms with Gasteiger partial charge in [-0.25, -0.2) is 0 Å². The van der Waals surface area contributed by atoms with Crippen molar-refractivity contribution in [2.45, 2.75) is 6.92 Å². The molecular formula is C13H11N2O+. The Morgan fingerprint density at radius 3 is 2.75 bits per heavy atom. The summed E-state index contributed by atoms with van der Waals surface area (Å²) in [5, 5.41) is 0. The molecule has 3 aromatic rings. The van der Waals surface area contributed by atoms with Gasteiger partial charge in [-0.1, -0.05) is 29.8 Å². The van der Waals surface area contributed by atoms with Crippen molar-refractivity contribution >= 4 is 5.84 Å². The Morgan fingerprint density at radius 2 is 2.00 bits per heavy atom. The minimum absolute atomic E-state index is 0.609. The minimum Gasteiger partial charge on any atom is -0.384 e. The Balaban J connectivity index is 2.15. The topological polar surface area (TPSA) is 30.1 Å². The number of rotatable bonds is 1. The number of aryl methyl sites for hydroxylation is 1. The monoisotopic (exact) mass is 211 g/mol. The molecule has 16 heavy (non-hydrogen) atoms. The van der Waals surface area contributed by atoms with E-state index in [-0.39, 0.29) is 0 Å². The lowest BCUT2D eigenvalue weighted by Crippen LogP contribution is -2.17. The highest BCUT2D eigenvalue weighted by Crippen LogP contribution is 2.19. The predicted molar refractivity (Wildman–Crippen MR) is 59.8 cm³/mol. The summed E-state index contributed by atoms with van der Waals surface area (Å²) >= 11 is 0. The number of hydrogen-bond acceptors (Lipinski definition) is 2. The Kier molecular flexibility index (Phi) is 1.96. The number of fused-ring (bicyclic) bond motifs is 1. The summed E-state index contributed by atoms with van der Waals surface area (Å²) in [6, 6.07) is 10.1. The van der Waals surface area contributed by atoms with Gasteiger partial charge in [-0.05, 0) is 11.9 Å². The molecule has 2 aromatic heterocycles. The second kappa shape index (κ2) is 3.45. The molecule has 3 heteroatoms. The number of oxazole rings is 1. The maximum atomic E-state index is 5.65. The smallest absolute Gasteiger partial charge is 0.384 e. The summed E-state index contributed by atoms with van der Waals surface area (Å²) in [7, 11) is 0. The van der Waals surface area contributed by atoms with Crippen LogP contribution in [-0.4, -0.2) is 4.98 Å². The van der Waals surface area contributed by atoms with Gasteiger partial charge in [0.1, 0.15) is 18.6 Å². The van der Waals surface area contributed by atoms with Crippen molar-refractivity contribution in [3.05, 3.63) is 54.5 Å². The zero-order valence-corrected chi connectivity index (χ0v) is 8.92. The average molecular weight is 211 g/mol. The summed E-state index contributed by atoms with van der Waals surface area (Å²) in [5.74, 6) is 1.44. The van der Waals surface area contributed by atoms with Crippen molar-refractivity contribution in [3.63, 3.8) is 0 Å². The van der Waals surface area contributed by atoms with Gasteiger partial charge in [0.15, 0.2) is 5.76 Å². The standard InChI is InChI=1S/C13H11N2O/c1-10-3-5-11(6-4-10)12-9-15-8-2-7-14-13(15)16-12/h2-9H,1H3/q+1. The highest BCUT2D eigenvalue weighted by atomic mass is 16.4. The normalized spacial score (nSPS) is 10.8. The van der Waals surface area contributed by atoms with Crippen LogP contribution in [0.1, 0.15) is 5.56 Å². The molecule has 0 atom stereocenters. The zero-order chi connectivity index (χ0) is 11.0. The van der Waals surface area contributed by atoms with Gasteiger partial charge in [-0.15, -0.1) is 0 Å². The van der Waals surface area contributed by atoms with Crippen LogP contribution in [-0.2, 0) is 0 Å². The van der Waals surface area contributed by atoms with Crippen molar-refractivity contribution in [2.75, 3.05) is 0 Å². The maximum absolute atomic E-state index is 5.65. The summed E-state index contributed by atoms with van der Waals surface area (Å²) in [4.78, 5) is 4.14. The Morgan fingerprint density at radius 1 is 1.19 bits per heavy atom. The third-order valence-corrected chi connectivity index (χ3v) is 2.53. The van der Waals surface area contributed by atoms with Crippen molar-refractivity contribution in [1.29, 1.82) is 0 Å². The molecule has 1 aromatic carbocycles. The first kappa shape index (κ1) is 9.09. The van der Waals surface area contributed by atoms with E-state index in [4.69, 9.17) is 4.42 Å². The van der Waals surface area contributed by atoms with Gasteiger partial charge in [-0.3, -0.25) is 0 Å². The van der Waals surface area contributed by atoms with E-state index in [1.165, 1.54) is 5.56 Å². The maximum Gasteiger partial charge on any atom is 0.508 e. The first-order valence-corrected chi connectivity index (χ1v) is 5.16. The molecule has 3 rings (SSSR count). The lowest BCUT2D eigenvalue weighted by molar-refractivity contribution is -0.516. The molecule has 0 radical (unpaired) electrons. The zero-order valence-electron chi connectivity index (χ0n) is 8.92. The second-order valence-corrected chi connectivity index (χ2v) is 3.77. The number of benzene rings is 1. The van der Waals surface area contributed by atoms with E-state index in [1.807, 2.05) is 35.0 Å². The van der Waals surface area contributed by atoms with E-state index < -0.39 is 0 Å². The van der Waals surface area contributed by atoms with Gasteiger partial charge in [0.05, 0.1) is 0 Å². The molecule has 3 nitrogen and oxygen atoms in total. The van der Waals surface area contributed by atoms with Crippen LogP contribution in [0.3, 0.4) is 0 Å². The van der Waals surface area contributed by atoms with Crippen molar-refractivity contribution in [2.24, 2.45) is 0 Å². The van der Waals surface area contributed by atoms with Gasteiger partial charge in [0.2, 0.25) is 0 Å². The fraction of sp³-hybridized carbons (Fsp3) is 0.0769. The summed E-state index contributed by atoms with van der Waals surface area (Å²) < 4.78 is 7.52. The molecule has 0 aliphatic heterocycles. The first-order valence-electron chi connectivity index (χ1n) is 5.16. The first-order chi connectivity index (χ1) is 7.83. The molecular weight excluding hydrogens is 200 g/mol. The van der Waals surface area contributed by atoms with E-state index in [0.717, 1.165) is 11.3 Å². The second-order valence-electron chi connectivity index (χ2n) is 3.77. The van der Waals surface area contributed by atoms with E-state index in [0.29, 0.717) is 5.84 Å². The predicted octanol–water partition coefficient (Wildman–Crippen LogP) is 2.39. The highest BCUT2D eigenvalue weighted by molar-refractivity contribution is 5.56. The van der Waals surface area contributed by atoms with Crippen LogP contribution in [0, 0.1) is 6.92 Å². The fourth-order valence-electron chi connectivity index (χ4n) is 1.65.